The Kier molecular flexibility index (Phi) is 5.39. The summed E-state index contributed by atoms with van der Waals surface area (Å²) in [5, 5.41) is 0. The molecule has 1 aliphatic heterocycles. The Morgan fingerprint density at radius 3 is 2.41 bits per heavy atom. The summed E-state index contributed by atoms with van der Waals surface area (Å²) in [5.41, 5.74) is 1.78. The van der Waals surface area contributed by atoms with Gasteiger partial charge < -0.3 is 9.64 Å². The maximum Gasteiger partial charge on any atom is 0.317 e. The fourth-order valence-electron chi connectivity index (χ4n) is 4.68. The number of carbonyl (C=O) groups is 2. The monoisotopic (exact) mass is 395 g/mol. The molecule has 1 aliphatic carbocycles. The fraction of sp³-hybridized carbons (Fsp3) is 0.417. The van der Waals surface area contributed by atoms with Crippen LogP contribution in [0.5, 0.6) is 0 Å². The minimum Gasteiger partial charge on any atom is -0.452 e. The molecule has 0 N–H and O–H groups in total. The van der Waals surface area contributed by atoms with Crippen LogP contribution in [0.2, 0.25) is 0 Å². The van der Waals surface area contributed by atoms with Crippen LogP contribution >= 0.6 is 0 Å². The molecule has 0 radical (unpaired) electrons. The Labute approximate surface area is 170 Å². The maximum absolute atomic E-state index is 14.5. The maximum atomic E-state index is 14.5. The molecule has 0 unspecified atom stereocenters. The van der Waals surface area contributed by atoms with Gasteiger partial charge in [0.05, 0.1) is 5.41 Å². The molecule has 152 valence electrons. The van der Waals surface area contributed by atoms with E-state index in [1.54, 1.807) is 30.0 Å². The SMILES string of the molecule is C[C@@H](OC(=O)C1(c2ccccc2F)CCCC1)C(=O)N1CCc2ccccc2C1. The Bertz CT molecular complexity index is 920. The lowest BCUT2D eigenvalue weighted by Gasteiger charge is -2.33. The van der Waals surface area contributed by atoms with E-state index < -0.39 is 23.3 Å². The smallest absolute Gasteiger partial charge is 0.317 e. The van der Waals surface area contributed by atoms with Gasteiger partial charge in [0, 0.05) is 18.7 Å². The van der Waals surface area contributed by atoms with Gasteiger partial charge in [0.25, 0.3) is 5.91 Å². The normalized spacial score (nSPS) is 18.8. The second-order valence-corrected chi connectivity index (χ2v) is 8.10. The summed E-state index contributed by atoms with van der Waals surface area (Å²) in [5.74, 6) is -1.08. The minimum atomic E-state index is -0.992. The highest BCUT2D eigenvalue weighted by molar-refractivity contribution is 5.88. The predicted molar refractivity (Wildman–Crippen MR) is 108 cm³/mol. The van der Waals surface area contributed by atoms with E-state index in [-0.39, 0.29) is 5.91 Å². The summed E-state index contributed by atoms with van der Waals surface area (Å²) in [6.45, 7) is 2.75. The summed E-state index contributed by atoms with van der Waals surface area (Å²) in [7, 11) is 0. The zero-order valence-electron chi connectivity index (χ0n) is 16.7. The lowest BCUT2D eigenvalue weighted by molar-refractivity contribution is -0.164. The molecule has 5 heteroatoms. The second kappa shape index (κ2) is 7.97. The van der Waals surface area contributed by atoms with Crippen LogP contribution in [0.4, 0.5) is 4.39 Å². The number of nitrogens with zero attached hydrogens (tertiary/aromatic N) is 1. The van der Waals surface area contributed by atoms with Crippen LogP contribution in [0.1, 0.15) is 49.3 Å². The van der Waals surface area contributed by atoms with Crippen molar-refractivity contribution in [2.75, 3.05) is 6.54 Å². The van der Waals surface area contributed by atoms with E-state index in [9.17, 15) is 14.0 Å². The molecule has 2 aromatic rings. The molecule has 0 spiro atoms. The third-order valence-corrected chi connectivity index (χ3v) is 6.31. The first-order valence-corrected chi connectivity index (χ1v) is 10.3. The summed E-state index contributed by atoms with van der Waals surface area (Å²) in [6, 6.07) is 14.5. The molecule has 0 aromatic heterocycles. The van der Waals surface area contributed by atoms with E-state index in [1.807, 2.05) is 18.2 Å². The number of esters is 1. The van der Waals surface area contributed by atoms with Crippen molar-refractivity contribution in [2.24, 2.45) is 0 Å². The molecule has 0 saturated heterocycles. The van der Waals surface area contributed by atoms with Crippen molar-refractivity contribution >= 4 is 11.9 Å². The Morgan fingerprint density at radius 2 is 1.69 bits per heavy atom. The van der Waals surface area contributed by atoms with Crippen molar-refractivity contribution in [1.29, 1.82) is 0 Å². The largest absolute Gasteiger partial charge is 0.452 e. The average Bonchev–Trinajstić information content (AvgIpc) is 3.24. The summed E-state index contributed by atoms with van der Waals surface area (Å²) in [4.78, 5) is 27.8. The molecule has 1 atom stereocenters. The molecule has 2 aromatic carbocycles. The van der Waals surface area contributed by atoms with Crippen LogP contribution in [0.3, 0.4) is 0 Å². The van der Waals surface area contributed by atoms with Gasteiger partial charge in [0.2, 0.25) is 0 Å². The topological polar surface area (TPSA) is 46.6 Å². The van der Waals surface area contributed by atoms with Crippen molar-refractivity contribution in [1.82, 2.24) is 4.90 Å². The van der Waals surface area contributed by atoms with Gasteiger partial charge in [-0.15, -0.1) is 0 Å². The molecule has 4 nitrogen and oxygen atoms in total. The molecule has 4 rings (SSSR count). The van der Waals surface area contributed by atoms with Crippen molar-refractivity contribution in [3.63, 3.8) is 0 Å². The third kappa shape index (κ3) is 3.66. The Hall–Kier alpha value is -2.69. The van der Waals surface area contributed by atoms with Crippen LogP contribution in [0, 0.1) is 5.82 Å². The highest BCUT2D eigenvalue weighted by Crippen LogP contribution is 2.43. The molecule has 1 saturated carbocycles. The molecule has 1 fully saturated rings. The minimum absolute atomic E-state index is 0.200. The van der Waals surface area contributed by atoms with E-state index in [4.69, 9.17) is 4.74 Å². The average molecular weight is 395 g/mol. The number of fused-ring (bicyclic) bond motifs is 1. The quantitative estimate of drug-likeness (QED) is 0.731. The van der Waals surface area contributed by atoms with Crippen LogP contribution in [-0.2, 0) is 32.7 Å². The van der Waals surface area contributed by atoms with Crippen molar-refractivity contribution < 1.29 is 18.7 Å². The molecule has 1 heterocycles. The number of amides is 1. The number of rotatable bonds is 4. The van der Waals surface area contributed by atoms with Crippen LogP contribution in [0.15, 0.2) is 48.5 Å². The van der Waals surface area contributed by atoms with Gasteiger partial charge in [-0.1, -0.05) is 55.3 Å². The number of hydrogen-bond donors (Lipinski definition) is 0. The summed E-state index contributed by atoms with van der Waals surface area (Å²) >= 11 is 0. The van der Waals surface area contributed by atoms with Crippen molar-refractivity contribution in [3.8, 4) is 0 Å². The van der Waals surface area contributed by atoms with Crippen LogP contribution < -0.4 is 0 Å². The number of halogens is 1. The molecular formula is C24H26FNO3. The van der Waals surface area contributed by atoms with Gasteiger partial charge >= 0.3 is 5.97 Å². The third-order valence-electron chi connectivity index (χ3n) is 6.31. The Balaban J connectivity index is 1.49. The van der Waals surface area contributed by atoms with Crippen LogP contribution in [-0.4, -0.2) is 29.4 Å². The molecule has 1 amide bonds. The zero-order valence-corrected chi connectivity index (χ0v) is 16.7. The fourth-order valence-corrected chi connectivity index (χ4v) is 4.68. The number of carbonyl (C=O) groups excluding carboxylic acids is 2. The first-order valence-electron chi connectivity index (χ1n) is 10.3. The molecule has 29 heavy (non-hydrogen) atoms. The van der Waals surface area contributed by atoms with E-state index in [1.165, 1.54) is 11.6 Å². The number of ether oxygens (including phenoxy) is 1. The van der Waals surface area contributed by atoms with E-state index in [2.05, 4.69) is 6.07 Å². The van der Waals surface area contributed by atoms with Gasteiger partial charge in [0.1, 0.15) is 5.82 Å². The first kappa shape index (κ1) is 19.6. The van der Waals surface area contributed by atoms with Gasteiger partial charge in [-0.2, -0.15) is 0 Å². The second-order valence-electron chi connectivity index (χ2n) is 8.10. The highest BCUT2D eigenvalue weighted by Gasteiger charge is 2.47. The molecule has 0 bridgehead atoms. The highest BCUT2D eigenvalue weighted by atomic mass is 19.1. The van der Waals surface area contributed by atoms with Gasteiger partial charge in [-0.3, -0.25) is 9.59 Å². The molecular weight excluding hydrogens is 369 g/mol. The van der Waals surface area contributed by atoms with Gasteiger partial charge in [0.15, 0.2) is 6.10 Å². The summed E-state index contributed by atoms with van der Waals surface area (Å²) in [6.07, 6.45) is 2.68. The Morgan fingerprint density at radius 1 is 1.03 bits per heavy atom. The van der Waals surface area contributed by atoms with Gasteiger partial charge in [-0.05, 0) is 43.4 Å². The standard InChI is InChI=1S/C24H26FNO3/c1-17(22(27)26-15-12-18-8-2-3-9-19(18)16-26)29-23(28)24(13-6-7-14-24)20-10-4-5-11-21(20)25/h2-5,8-11,17H,6-7,12-16H2,1H3/t17-/m1/s1. The lowest BCUT2D eigenvalue weighted by Crippen LogP contribution is -2.45. The predicted octanol–water partition coefficient (Wildman–Crippen LogP) is 4.15. The van der Waals surface area contributed by atoms with Crippen molar-refractivity contribution in [2.45, 2.75) is 57.1 Å². The number of hydrogen-bond acceptors (Lipinski definition) is 3. The van der Waals surface area contributed by atoms with E-state index in [0.29, 0.717) is 31.5 Å². The van der Waals surface area contributed by atoms with E-state index in [0.717, 1.165) is 24.8 Å². The summed E-state index contributed by atoms with van der Waals surface area (Å²) < 4.78 is 20.1. The molecule has 2 aliphatic rings. The van der Waals surface area contributed by atoms with Crippen molar-refractivity contribution in [3.05, 3.63) is 71.0 Å². The van der Waals surface area contributed by atoms with E-state index >= 15 is 0 Å². The van der Waals surface area contributed by atoms with Gasteiger partial charge in [-0.25, -0.2) is 4.39 Å². The first-order chi connectivity index (χ1) is 14.0. The lowest BCUT2D eigenvalue weighted by atomic mass is 9.78. The van der Waals surface area contributed by atoms with Crippen LogP contribution in [0.25, 0.3) is 0 Å². The number of benzene rings is 2. The zero-order chi connectivity index (χ0) is 20.4.